The van der Waals surface area contributed by atoms with E-state index in [0.717, 1.165) is 17.3 Å². The summed E-state index contributed by atoms with van der Waals surface area (Å²) < 4.78 is 1.07. The van der Waals surface area contributed by atoms with Crippen LogP contribution in [0.2, 0.25) is 0 Å². The van der Waals surface area contributed by atoms with Crippen LogP contribution in [-0.4, -0.2) is 5.78 Å². The molecule has 0 heterocycles. The normalized spacial score (nSPS) is 17.9. The first-order valence-corrected chi connectivity index (χ1v) is 5.78. The predicted molar refractivity (Wildman–Crippen MR) is 60.4 cm³/mol. The third-order valence-corrected chi connectivity index (χ3v) is 3.53. The van der Waals surface area contributed by atoms with Gasteiger partial charge in [-0.3, -0.25) is 4.79 Å². The van der Waals surface area contributed by atoms with E-state index >= 15 is 0 Å². The van der Waals surface area contributed by atoms with Gasteiger partial charge in [0.15, 0.2) is 0 Å². The highest BCUT2D eigenvalue weighted by atomic mass is 79.9. The number of Topliss-reactive ketones (excluding diaryl/α,β-unsaturated/α-hetero) is 1. The second kappa shape index (κ2) is 3.50. The standard InChI is InChI=1S/C12H13BrO/c1-2-11(14)12(7-8-12)9-3-5-10(13)6-4-9/h3-6H,2,7-8H2,1H3. The van der Waals surface area contributed by atoms with Crippen molar-refractivity contribution in [2.45, 2.75) is 31.6 Å². The molecule has 2 heteroatoms. The predicted octanol–water partition coefficient (Wildman–Crippen LogP) is 3.46. The average Bonchev–Trinajstić information content (AvgIpc) is 2.99. The first kappa shape index (κ1) is 9.91. The summed E-state index contributed by atoms with van der Waals surface area (Å²) in [7, 11) is 0. The molecule has 2 rings (SSSR count). The van der Waals surface area contributed by atoms with Gasteiger partial charge in [-0.2, -0.15) is 0 Å². The molecule has 1 aromatic rings. The number of hydrogen-bond donors (Lipinski definition) is 0. The molecular formula is C12H13BrO. The third kappa shape index (κ3) is 1.52. The van der Waals surface area contributed by atoms with Crippen LogP contribution in [0.15, 0.2) is 28.7 Å². The maximum atomic E-state index is 11.8. The highest BCUT2D eigenvalue weighted by molar-refractivity contribution is 9.10. The summed E-state index contributed by atoms with van der Waals surface area (Å²) in [5.74, 6) is 0.389. The van der Waals surface area contributed by atoms with Crippen LogP contribution in [0.1, 0.15) is 31.7 Å². The van der Waals surface area contributed by atoms with Gasteiger partial charge in [0.1, 0.15) is 5.78 Å². The summed E-state index contributed by atoms with van der Waals surface area (Å²) >= 11 is 3.40. The average molecular weight is 253 g/mol. The number of carbonyl (C=O) groups excluding carboxylic acids is 1. The van der Waals surface area contributed by atoms with Crippen molar-refractivity contribution >= 4 is 21.7 Å². The quantitative estimate of drug-likeness (QED) is 0.806. The molecule has 0 N–H and O–H groups in total. The van der Waals surface area contributed by atoms with Gasteiger partial charge in [-0.25, -0.2) is 0 Å². The zero-order chi connectivity index (χ0) is 10.2. The summed E-state index contributed by atoms with van der Waals surface area (Å²) in [5.41, 5.74) is 1.07. The molecule has 0 unspecified atom stereocenters. The van der Waals surface area contributed by atoms with E-state index in [1.54, 1.807) is 0 Å². The van der Waals surface area contributed by atoms with E-state index < -0.39 is 0 Å². The van der Waals surface area contributed by atoms with Crippen LogP contribution in [0.3, 0.4) is 0 Å². The van der Waals surface area contributed by atoms with E-state index in [-0.39, 0.29) is 5.41 Å². The van der Waals surface area contributed by atoms with Gasteiger partial charge in [-0.1, -0.05) is 35.0 Å². The lowest BCUT2D eigenvalue weighted by atomic mass is 9.90. The van der Waals surface area contributed by atoms with E-state index in [4.69, 9.17) is 0 Å². The monoisotopic (exact) mass is 252 g/mol. The van der Waals surface area contributed by atoms with Gasteiger partial charge in [0.05, 0.1) is 5.41 Å². The van der Waals surface area contributed by atoms with Gasteiger partial charge in [0.25, 0.3) is 0 Å². The second-order valence-electron chi connectivity index (χ2n) is 3.87. The Hall–Kier alpha value is -0.630. The Morgan fingerprint density at radius 3 is 2.36 bits per heavy atom. The fourth-order valence-electron chi connectivity index (χ4n) is 1.96. The van der Waals surface area contributed by atoms with Crippen molar-refractivity contribution in [3.8, 4) is 0 Å². The highest BCUT2D eigenvalue weighted by Crippen LogP contribution is 2.49. The molecule has 1 aromatic carbocycles. The molecule has 74 valence electrons. The minimum atomic E-state index is -0.116. The smallest absolute Gasteiger partial charge is 0.143 e. The molecule has 0 saturated heterocycles. The topological polar surface area (TPSA) is 17.1 Å². The van der Waals surface area contributed by atoms with Crippen molar-refractivity contribution in [3.63, 3.8) is 0 Å². The minimum Gasteiger partial charge on any atom is -0.299 e. The molecule has 0 aliphatic heterocycles. The molecule has 14 heavy (non-hydrogen) atoms. The lowest BCUT2D eigenvalue weighted by Crippen LogP contribution is -2.19. The Morgan fingerprint density at radius 1 is 1.36 bits per heavy atom. The first-order valence-electron chi connectivity index (χ1n) is 4.98. The largest absolute Gasteiger partial charge is 0.299 e. The van der Waals surface area contributed by atoms with Crippen LogP contribution < -0.4 is 0 Å². The van der Waals surface area contributed by atoms with E-state index in [1.807, 2.05) is 19.1 Å². The Bertz CT molecular complexity index is 349. The van der Waals surface area contributed by atoms with Crippen LogP contribution in [0, 0.1) is 0 Å². The van der Waals surface area contributed by atoms with E-state index in [9.17, 15) is 4.79 Å². The lowest BCUT2D eigenvalue weighted by Gasteiger charge is -2.13. The van der Waals surface area contributed by atoms with Gasteiger partial charge in [-0.05, 0) is 30.5 Å². The van der Waals surface area contributed by atoms with Crippen LogP contribution >= 0.6 is 15.9 Å². The third-order valence-electron chi connectivity index (χ3n) is 3.00. The van der Waals surface area contributed by atoms with E-state index in [0.29, 0.717) is 12.2 Å². The zero-order valence-corrected chi connectivity index (χ0v) is 9.80. The van der Waals surface area contributed by atoms with Crippen molar-refractivity contribution in [2.75, 3.05) is 0 Å². The molecule has 1 aliphatic rings. The molecule has 1 nitrogen and oxygen atoms in total. The summed E-state index contributed by atoms with van der Waals surface area (Å²) in [5, 5.41) is 0. The van der Waals surface area contributed by atoms with Crippen molar-refractivity contribution < 1.29 is 4.79 Å². The number of ketones is 1. The second-order valence-corrected chi connectivity index (χ2v) is 4.78. The lowest BCUT2D eigenvalue weighted by molar-refractivity contribution is -0.121. The zero-order valence-electron chi connectivity index (χ0n) is 8.22. The van der Waals surface area contributed by atoms with Gasteiger partial charge in [0.2, 0.25) is 0 Å². The number of hydrogen-bond acceptors (Lipinski definition) is 1. The molecule has 1 saturated carbocycles. The molecule has 1 fully saturated rings. The highest BCUT2D eigenvalue weighted by Gasteiger charge is 2.49. The molecule has 1 aliphatic carbocycles. The van der Waals surface area contributed by atoms with Crippen LogP contribution in [0.25, 0.3) is 0 Å². The van der Waals surface area contributed by atoms with Gasteiger partial charge >= 0.3 is 0 Å². The van der Waals surface area contributed by atoms with Crippen molar-refractivity contribution in [3.05, 3.63) is 34.3 Å². The maximum absolute atomic E-state index is 11.8. The number of rotatable bonds is 3. The van der Waals surface area contributed by atoms with Gasteiger partial charge in [0, 0.05) is 10.9 Å². The summed E-state index contributed by atoms with van der Waals surface area (Å²) in [6.45, 7) is 1.95. The van der Waals surface area contributed by atoms with Crippen LogP contribution in [0.4, 0.5) is 0 Å². The molecule has 0 atom stereocenters. The molecular weight excluding hydrogens is 240 g/mol. The van der Waals surface area contributed by atoms with Crippen molar-refractivity contribution in [2.24, 2.45) is 0 Å². The molecule has 0 aromatic heterocycles. The van der Waals surface area contributed by atoms with Crippen molar-refractivity contribution in [1.29, 1.82) is 0 Å². The summed E-state index contributed by atoms with van der Waals surface area (Å²) in [6.07, 6.45) is 2.71. The van der Waals surface area contributed by atoms with Crippen molar-refractivity contribution in [1.82, 2.24) is 0 Å². The molecule has 0 radical (unpaired) electrons. The van der Waals surface area contributed by atoms with E-state index in [2.05, 4.69) is 28.1 Å². The van der Waals surface area contributed by atoms with Gasteiger partial charge < -0.3 is 0 Å². The van der Waals surface area contributed by atoms with Crippen LogP contribution in [-0.2, 0) is 10.2 Å². The Balaban J connectivity index is 2.31. The van der Waals surface area contributed by atoms with Crippen LogP contribution in [0.5, 0.6) is 0 Å². The number of halogens is 1. The Labute approximate surface area is 92.6 Å². The number of benzene rings is 1. The fraction of sp³-hybridized carbons (Fsp3) is 0.417. The van der Waals surface area contributed by atoms with Gasteiger partial charge in [-0.15, -0.1) is 0 Å². The molecule has 0 bridgehead atoms. The number of carbonyl (C=O) groups is 1. The Morgan fingerprint density at radius 2 is 1.93 bits per heavy atom. The molecule has 0 amide bonds. The first-order chi connectivity index (χ1) is 6.69. The summed E-state index contributed by atoms with van der Waals surface area (Å²) in [6, 6.07) is 8.14. The minimum absolute atomic E-state index is 0.116. The SMILES string of the molecule is CCC(=O)C1(c2ccc(Br)cc2)CC1. The Kier molecular flexibility index (Phi) is 2.48. The maximum Gasteiger partial charge on any atom is 0.143 e. The summed E-state index contributed by atoms with van der Waals surface area (Å²) in [4.78, 5) is 11.8. The molecule has 0 spiro atoms. The van der Waals surface area contributed by atoms with E-state index in [1.165, 1.54) is 5.56 Å². The fourth-order valence-corrected chi connectivity index (χ4v) is 2.23.